The Morgan fingerprint density at radius 3 is 3.00 bits per heavy atom. The lowest BCUT2D eigenvalue weighted by molar-refractivity contribution is 1.25. The molecule has 53 valence electrons. The Kier molecular flexibility index (Phi) is 1.35. The molecular formula is C10H8N. The lowest BCUT2D eigenvalue weighted by Crippen LogP contribution is -1.81. The zero-order chi connectivity index (χ0) is 7.68. The largest absolute Gasteiger partial charge is 0.253 e. The lowest BCUT2D eigenvalue weighted by atomic mass is 10.2. The Hall–Kier alpha value is -1.37. The quantitative estimate of drug-likeness (QED) is 0.550. The summed E-state index contributed by atoms with van der Waals surface area (Å²) >= 11 is 0. The van der Waals surface area contributed by atoms with Crippen molar-refractivity contribution in [3.8, 4) is 0 Å². The Bertz CT molecular complexity index is 379. The van der Waals surface area contributed by atoms with Gasteiger partial charge in [0.25, 0.3) is 0 Å². The minimum atomic E-state index is 1.02. The summed E-state index contributed by atoms with van der Waals surface area (Å²) in [5, 5.41) is 1.08. The maximum Gasteiger partial charge on any atom is 0.0711 e. The fourth-order valence-electron chi connectivity index (χ4n) is 1.10. The third-order valence-electron chi connectivity index (χ3n) is 1.64. The van der Waals surface area contributed by atoms with Crippen LogP contribution in [0.25, 0.3) is 10.9 Å². The first-order valence-corrected chi connectivity index (χ1v) is 3.60. The van der Waals surface area contributed by atoms with Crippen molar-refractivity contribution in [1.82, 2.24) is 4.98 Å². The highest BCUT2D eigenvalue weighted by Crippen LogP contribution is 2.09. The summed E-state index contributed by atoms with van der Waals surface area (Å²) in [6, 6.07) is 13.1. The normalized spacial score (nSPS) is 10.3. The van der Waals surface area contributed by atoms with Gasteiger partial charge in [-0.15, -0.1) is 0 Å². The minimum absolute atomic E-state index is 1.02. The molecular weight excluding hydrogens is 134 g/mol. The number of hydrogen-bond donors (Lipinski definition) is 0. The molecule has 11 heavy (non-hydrogen) atoms. The molecule has 0 aliphatic carbocycles. The van der Waals surface area contributed by atoms with Crippen LogP contribution in [0.1, 0.15) is 5.69 Å². The highest BCUT2D eigenvalue weighted by atomic mass is 14.7. The molecule has 2 rings (SSSR count). The smallest absolute Gasteiger partial charge is 0.0711 e. The molecule has 0 saturated carbocycles. The molecule has 0 atom stereocenters. The average Bonchev–Trinajstić information content (AvgIpc) is 2.04. The summed E-state index contributed by atoms with van der Waals surface area (Å²) in [4.78, 5) is 4.34. The summed E-state index contributed by atoms with van der Waals surface area (Å²) in [6.45, 7) is 1.98. The van der Waals surface area contributed by atoms with E-state index < -0.39 is 0 Å². The van der Waals surface area contributed by atoms with Crippen molar-refractivity contribution in [2.75, 3.05) is 0 Å². The highest BCUT2D eigenvalue weighted by Gasteiger charge is 1.91. The number of benzene rings is 1. The number of rotatable bonds is 0. The molecule has 0 amide bonds. The van der Waals surface area contributed by atoms with Crippen LogP contribution in [0.3, 0.4) is 0 Å². The maximum atomic E-state index is 4.34. The van der Waals surface area contributed by atoms with Gasteiger partial charge in [-0.2, -0.15) is 0 Å². The van der Waals surface area contributed by atoms with Crippen molar-refractivity contribution in [3.05, 3.63) is 42.1 Å². The SMILES string of the molecule is Cc1c[c]c2ccccc2n1. The van der Waals surface area contributed by atoms with E-state index in [0.717, 1.165) is 16.6 Å². The van der Waals surface area contributed by atoms with Crippen LogP contribution in [0.15, 0.2) is 30.3 Å². The number of hydrogen-bond acceptors (Lipinski definition) is 1. The van der Waals surface area contributed by atoms with Gasteiger partial charge in [0.15, 0.2) is 0 Å². The van der Waals surface area contributed by atoms with Crippen LogP contribution in [0, 0.1) is 13.0 Å². The first-order valence-electron chi connectivity index (χ1n) is 3.60. The molecule has 0 N–H and O–H groups in total. The second-order valence-corrected chi connectivity index (χ2v) is 2.56. The summed E-state index contributed by atoms with van der Waals surface area (Å²) in [5.41, 5.74) is 2.04. The summed E-state index contributed by atoms with van der Waals surface area (Å²) in [7, 11) is 0. The minimum Gasteiger partial charge on any atom is -0.253 e. The molecule has 1 nitrogen and oxygen atoms in total. The standard InChI is InChI=1S/C10H8N/c1-8-6-7-9-4-2-3-5-10(9)11-8/h2-6H,1H3. The van der Waals surface area contributed by atoms with E-state index in [1.807, 2.05) is 37.3 Å². The van der Waals surface area contributed by atoms with E-state index >= 15 is 0 Å². The number of aromatic nitrogens is 1. The van der Waals surface area contributed by atoms with Gasteiger partial charge in [-0.25, -0.2) is 0 Å². The van der Waals surface area contributed by atoms with Crippen LogP contribution in [0.2, 0.25) is 0 Å². The van der Waals surface area contributed by atoms with E-state index in [-0.39, 0.29) is 0 Å². The summed E-state index contributed by atoms with van der Waals surface area (Å²) in [6.07, 6.45) is 0. The van der Waals surface area contributed by atoms with Crippen molar-refractivity contribution in [3.63, 3.8) is 0 Å². The third-order valence-corrected chi connectivity index (χ3v) is 1.64. The van der Waals surface area contributed by atoms with E-state index in [0.29, 0.717) is 0 Å². The molecule has 1 heterocycles. The van der Waals surface area contributed by atoms with Crippen molar-refractivity contribution in [2.45, 2.75) is 6.92 Å². The number of aryl methyl sites for hydroxylation is 1. The molecule has 0 saturated heterocycles. The Morgan fingerprint density at radius 1 is 1.27 bits per heavy atom. The molecule has 0 unspecified atom stereocenters. The predicted molar refractivity (Wildman–Crippen MR) is 45.3 cm³/mol. The average molecular weight is 142 g/mol. The summed E-state index contributed by atoms with van der Waals surface area (Å²) in [5.74, 6) is 0. The monoisotopic (exact) mass is 142 g/mol. The number of pyridine rings is 1. The second-order valence-electron chi connectivity index (χ2n) is 2.56. The molecule has 0 aliphatic heterocycles. The predicted octanol–water partition coefficient (Wildman–Crippen LogP) is 2.34. The maximum absolute atomic E-state index is 4.34. The fraction of sp³-hybridized carbons (Fsp3) is 0.100. The van der Waals surface area contributed by atoms with E-state index in [1.165, 1.54) is 0 Å². The van der Waals surface area contributed by atoms with Gasteiger partial charge in [-0.1, -0.05) is 18.2 Å². The Labute approximate surface area is 65.7 Å². The topological polar surface area (TPSA) is 12.9 Å². The van der Waals surface area contributed by atoms with Gasteiger partial charge in [-0.3, -0.25) is 4.98 Å². The molecule has 0 bridgehead atoms. The number of nitrogens with zero attached hydrogens (tertiary/aromatic N) is 1. The van der Waals surface area contributed by atoms with Gasteiger partial charge >= 0.3 is 0 Å². The van der Waals surface area contributed by atoms with Crippen molar-refractivity contribution >= 4 is 10.9 Å². The van der Waals surface area contributed by atoms with E-state index in [2.05, 4.69) is 11.1 Å². The molecule has 0 spiro atoms. The zero-order valence-electron chi connectivity index (χ0n) is 6.33. The van der Waals surface area contributed by atoms with E-state index in [1.54, 1.807) is 0 Å². The zero-order valence-corrected chi connectivity index (χ0v) is 6.33. The van der Waals surface area contributed by atoms with Crippen molar-refractivity contribution < 1.29 is 0 Å². The van der Waals surface area contributed by atoms with Crippen LogP contribution < -0.4 is 0 Å². The summed E-state index contributed by atoms with van der Waals surface area (Å²) < 4.78 is 0. The van der Waals surface area contributed by atoms with Crippen LogP contribution in [0.5, 0.6) is 0 Å². The first-order chi connectivity index (χ1) is 5.36. The molecule has 0 fully saturated rings. The molecule has 2 aromatic rings. The Balaban J connectivity index is 2.83. The van der Waals surface area contributed by atoms with Gasteiger partial charge in [0.05, 0.1) is 5.52 Å². The molecule has 1 aromatic heterocycles. The number of fused-ring (bicyclic) bond motifs is 1. The second kappa shape index (κ2) is 2.35. The van der Waals surface area contributed by atoms with Crippen LogP contribution in [0.4, 0.5) is 0 Å². The Morgan fingerprint density at radius 2 is 2.09 bits per heavy atom. The van der Waals surface area contributed by atoms with Gasteiger partial charge in [0.1, 0.15) is 0 Å². The van der Waals surface area contributed by atoms with E-state index in [9.17, 15) is 0 Å². The molecule has 1 radical (unpaired) electrons. The third kappa shape index (κ3) is 1.09. The number of para-hydroxylation sites is 1. The molecule has 0 aliphatic rings. The van der Waals surface area contributed by atoms with Crippen molar-refractivity contribution in [1.29, 1.82) is 0 Å². The fourth-order valence-corrected chi connectivity index (χ4v) is 1.10. The lowest BCUT2D eigenvalue weighted by Gasteiger charge is -1.95. The van der Waals surface area contributed by atoms with Gasteiger partial charge in [0.2, 0.25) is 0 Å². The molecule has 1 heteroatoms. The molecule has 1 aromatic carbocycles. The van der Waals surface area contributed by atoms with Crippen LogP contribution in [-0.4, -0.2) is 4.98 Å². The van der Waals surface area contributed by atoms with Crippen LogP contribution >= 0.6 is 0 Å². The van der Waals surface area contributed by atoms with Gasteiger partial charge in [-0.05, 0) is 25.1 Å². The van der Waals surface area contributed by atoms with Crippen molar-refractivity contribution in [2.24, 2.45) is 0 Å². The van der Waals surface area contributed by atoms with Gasteiger partial charge in [0, 0.05) is 11.1 Å². The van der Waals surface area contributed by atoms with Crippen LogP contribution in [-0.2, 0) is 0 Å². The first kappa shape index (κ1) is 6.35. The van der Waals surface area contributed by atoms with Gasteiger partial charge < -0.3 is 0 Å². The van der Waals surface area contributed by atoms with E-state index in [4.69, 9.17) is 0 Å². The highest BCUT2D eigenvalue weighted by molar-refractivity contribution is 5.77.